The maximum atomic E-state index is 8.37. The first-order chi connectivity index (χ1) is 4.64. The molecule has 0 radical (unpaired) electrons. The Morgan fingerprint density at radius 3 is 2.70 bits per heavy atom. The van der Waals surface area contributed by atoms with Crippen molar-refractivity contribution in [1.82, 2.24) is 0 Å². The molecule has 1 fully saturated rings. The molecule has 0 heterocycles. The molecule has 1 nitrogen and oxygen atoms in total. The molecule has 0 aliphatic heterocycles. The molecule has 0 amide bonds. The van der Waals surface area contributed by atoms with Gasteiger partial charge in [0.25, 0.3) is 0 Å². The van der Waals surface area contributed by atoms with Crippen LogP contribution in [0.3, 0.4) is 0 Å². The zero-order chi connectivity index (χ0) is 7.61. The van der Waals surface area contributed by atoms with Crippen LogP contribution in [-0.2, 0) is 0 Å². The van der Waals surface area contributed by atoms with E-state index in [2.05, 4.69) is 19.9 Å². The molecule has 1 saturated carbocycles. The lowest BCUT2D eigenvalue weighted by Crippen LogP contribution is -2.02. The van der Waals surface area contributed by atoms with Crippen LogP contribution in [0.15, 0.2) is 11.6 Å². The third-order valence-electron chi connectivity index (χ3n) is 2.10. The van der Waals surface area contributed by atoms with Crippen LogP contribution in [0.4, 0.5) is 0 Å². The summed E-state index contributed by atoms with van der Waals surface area (Å²) in [6.45, 7) is 4.51. The number of hydrogen-bond donors (Lipinski definition) is 0. The smallest absolute Gasteiger partial charge is 0.0911 e. The van der Waals surface area contributed by atoms with Crippen LogP contribution in [-0.4, -0.2) is 0 Å². The minimum absolute atomic E-state index is 0.447. The standard InChI is InChI=1S/C9H13N/c1-9(2)5-3-8(7-9)4-6-10/h4H,3,5,7H2,1-2H3/b8-4-. The van der Waals surface area contributed by atoms with Crippen molar-refractivity contribution in [3.63, 3.8) is 0 Å². The molecule has 0 aromatic rings. The van der Waals surface area contributed by atoms with E-state index in [-0.39, 0.29) is 0 Å². The van der Waals surface area contributed by atoms with E-state index in [4.69, 9.17) is 5.26 Å². The molecule has 10 heavy (non-hydrogen) atoms. The van der Waals surface area contributed by atoms with Gasteiger partial charge in [-0.1, -0.05) is 19.4 Å². The van der Waals surface area contributed by atoms with Crippen LogP contribution in [0, 0.1) is 16.7 Å². The molecule has 0 N–H and O–H groups in total. The lowest BCUT2D eigenvalue weighted by molar-refractivity contribution is 0.389. The van der Waals surface area contributed by atoms with Gasteiger partial charge in [-0.3, -0.25) is 0 Å². The molecule has 0 bridgehead atoms. The fourth-order valence-electron chi connectivity index (χ4n) is 1.50. The highest BCUT2D eigenvalue weighted by atomic mass is 14.3. The molecule has 0 unspecified atom stereocenters. The molecule has 1 heteroatoms. The summed E-state index contributed by atoms with van der Waals surface area (Å²) < 4.78 is 0. The lowest BCUT2D eigenvalue weighted by Gasteiger charge is -2.13. The quantitative estimate of drug-likeness (QED) is 0.468. The number of hydrogen-bond acceptors (Lipinski definition) is 1. The first-order valence-corrected chi connectivity index (χ1v) is 3.72. The molecule has 0 aromatic heterocycles. The second-order valence-electron chi connectivity index (χ2n) is 3.77. The normalized spacial score (nSPS) is 26.7. The Morgan fingerprint density at radius 2 is 2.30 bits per heavy atom. The van der Waals surface area contributed by atoms with E-state index in [0.29, 0.717) is 5.41 Å². The van der Waals surface area contributed by atoms with Gasteiger partial charge in [-0.25, -0.2) is 0 Å². The average Bonchev–Trinajstić information content (AvgIpc) is 2.12. The molecule has 1 rings (SSSR count). The second-order valence-corrected chi connectivity index (χ2v) is 3.77. The van der Waals surface area contributed by atoms with Crippen molar-refractivity contribution in [3.05, 3.63) is 11.6 Å². The van der Waals surface area contributed by atoms with Crippen molar-refractivity contribution in [2.45, 2.75) is 33.1 Å². The molecule has 0 atom stereocenters. The Morgan fingerprint density at radius 1 is 1.60 bits per heavy atom. The van der Waals surface area contributed by atoms with Gasteiger partial charge in [0.05, 0.1) is 6.07 Å². The minimum Gasteiger partial charge on any atom is -0.193 e. The number of rotatable bonds is 0. The van der Waals surface area contributed by atoms with Gasteiger partial charge in [-0.15, -0.1) is 0 Å². The molecule has 1 aliphatic carbocycles. The van der Waals surface area contributed by atoms with Crippen molar-refractivity contribution in [3.8, 4) is 6.07 Å². The molecule has 0 saturated heterocycles. The van der Waals surface area contributed by atoms with Crippen molar-refractivity contribution < 1.29 is 0 Å². The van der Waals surface area contributed by atoms with E-state index >= 15 is 0 Å². The minimum atomic E-state index is 0.447. The highest BCUT2D eigenvalue weighted by molar-refractivity contribution is 5.18. The van der Waals surface area contributed by atoms with Gasteiger partial charge < -0.3 is 0 Å². The fourth-order valence-corrected chi connectivity index (χ4v) is 1.50. The molecule has 54 valence electrons. The predicted molar refractivity (Wildman–Crippen MR) is 41.3 cm³/mol. The van der Waals surface area contributed by atoms with Crippen LogP contribution in [0.5, 0.6) is 0 Å². The van der Waals surface area contributed by atoms with Gasteiger partial charge in [0.1, 0.15) is 0 Å². The lowest BCUT2D eigenvalue weighted by atomic mass is 9.92. The summed E-state index contributed by atoms with van der Waals surface area (Å²) in [5.41, 5.74) is 1.77. The van der Waals surface area contributed by atoms with Crippen LogP contribution in [0.1, 0.15) is 33.1 Å². The van der Waals surface area contributed by atoms with Crippen LogP contribution in [0.2, 0.25) is 0 Å². The highest BCUT2D eigenvalue weighted by Gasteiger charge is 2.25. The summed E-state index contributed by atoms with van der Waals surface area (Å²) in [5, 5.41) is 8.37. The van der Waals surface area contributed by atoms with Gasteiger partial charge in [0.2, 0.25) is 0 Å². The number of allylic oxidation sites excluding steroid dienone is 2. The Kier molecular flexibility index (Phi) is 1.80. The highest BCUT2D eigenvalue weighted by Crippen LogP contribution is 2.40. The van der Waals surface area contributed by atoms with E-state index in [0.717, 1.165) is 12.8 Å². The molecule has 1 aliphatic rings. The van der Waals surface area contributed by atoms with E-state index in [1.165, 1.54) is 12.0 Å². The van der Waals surface area contributed by atoms with Crippen LogP contribution in [0.25, 0.3) is 0 Å². The Balaban J connectivity index is 2.61. The molecule has 0 spiro atoms. The summed E-state index contributed by atoms with van der Waals surface area (Å²) in [5.74, 6) is 0. The van der Waals surface area contributed by atoms with Crippen molar-refractivity contribution in [1.29, 1.82) is 5.26 Å². The maximum absolute atomic E-state index is 8.37. The summed E-state index contributed by atoms with van der Waals surface area (Å²) in [4.78, 5) is 0. The number of nitriles is 1. The van der Waals surface area contributed by atoms with Gasteiger partial charge in [0, 0.05) is 6.08 Å². The first-order valence-electron chi connectivity index (χ1n) is 3.72. The van der Waals surface area contributed by atoms with Crippen LogP contribution >= 0.6 is 0 Å². The third kappa shape index (κ3) is 1.60. The Hall–Kier alpha value is -0.770. The summed E-state index contributed by atoms with van der Waals surface area (Å²) in [6, 6.07) is 2.09. The SMILES string of the molecule is CC1(C)CC/C(=C/C#N)C1. The summed E-state index contributed by atoms with van der Waals surface area (Å²) in [6.07, 6.45) is 5.18. The molecule has 0 aromatic carbocycles. The zero-order valence-corrected chi connectivity index (χ0v) is 6.65. The van der Waals surface area contributed by atoms with Crippen molar-refractivity contribution >= 4 is 0 Å². The van der Waals surface area contributed by atoms with Gasteiger partial charge in [0.15, 0.2) is 0 Å². The molecular formula is C9H13N. The fraction of sp³-hybridized carbons (Fsp3) is 0.667. The van der Waals surface area contributed by atoms with E-state index in [1.807, 2.05) is 0 Å². The third-order valence-corrected chi connectivity index (χ3v) is 2.10. The van der Waals surface area contributed by atoms with E-state index < -0.39 is 0 Å². The summed E-state index contributed by atoms with van der Waals surface area (Å²) >= 11 is 0. The Labute approximate surface area is 62.4 Å². The average molecular weight is 135 g/mol. The zero-order valence-electron chi connectivity index (χ0n) is 6.65. The largest absolute Gasteiger partial charge is 0.193 e. The molecular weight excluding hydrogens is 122 g/mol. The predicted octanol–water partition coefficient (Wildman–Crippen LogP) is 2.65. The maximum Gasteiger partial charge on any atom is 0.0911 e. The second kappa shape index (κ2) is 2.46. The van der Waals surface area contributed by atoms with Gasteiger partial charge in [-0.2, -0.15) is 5.26 Å². The van der Waals surface area contributed by atoms with E-state index in [1.54, 1.807) is 6.08 Å². The van der Waals surface area contributed by atoms with Crippen molar-refractivity contribution in [2.75, 3.05) is 0 Å². The topological polar surface area (TPSA) is 23.8 Å². The first kappa shape index (κ1) is 7.34. The van der Waals surface area contributed by atoms with Gasteiger partial charge in [-0.05, 0) is 24.7 Å². The Bertz CT molecular complexity index is 193. The van der Waals surface area contributed by atoms with Crippen molar-refractivity contribution in [2.24, 2.45) is 5.41 Å². The summed E-state index contributed by atoms with van der Waals surface area (Å²) in [7, 11) is 0. The number of nitrogens with zero attached hydrogens (tertiary/aromatic N) is 1. The van der Waals surface area contributed by atoms with E-state index in [9.17, 15) is 0 Å². The van der Waals surface area contributed by atoms with Crippen LogP contribution < -0.4 is 0 Å². The monoisotopic (exact) mass is 135 g/mol. The van der Waals surface area contributed by atoms with Gasteiger partial charge >= 0.3 is 0 Å².